The zero-order chi connectivity index (χ0) is 13.1. The highest BCUT2D eigenvalue weighted by atomic mass is 79.9. The lowest BCUT2D eigenvalue weighted by atomic mass is 10.2. The molecular formula is C12H10BrClN2O2. The maximum Gasteiger partial charge on any atom is 0.267 e. The molecule has 6 heteroatoms. The number of hydrogen-bond acceptors (Lipinski definition) is 3. The predicted molar refractivity (Wildman–Crippen MR) is 73.3 cm³/mol. The Kier molecular flexibility index (Phi) is 4.04. The van der Waals surface area contributed by atoms with Crippen LogP contribution in [-0.2, 0) is 6.54 Å². The quantitative estimate of drug-likeness (QED) is 0.869. The standard InChI is InChI=1S/C12H10BrClN2O2/c1-18-11-3-2-9(14)4-8(11)6-16-7-15-5-10(13)12(16)17/h2-5,7H,6H2,1H3. The zero-order valence-corrected chi connectivity index (χ0v) is 11.9. The van der Waals surface area contributed by atoms with Crippen molar-refractivity contribution >= 4 is 27.5 Å². The molecule has 94 valence electrons. The van der Waals surface area contributed by atoms with Crippen molar-refractivity contribution < 1.29 is 4.74 Å². The van der Waals surface area contributed by atoms with Crippen LogP contribution in [0.2, 0.25) is 5.02 Å². The van der Waals surface area contributed by atoms with Crippen LogP contribution < -0.4 is 10.3 Å². The SMILES string of the molecule is COc1ccc(Cl)cc1Cn1cncc(Br)c1=O. The van der Waals surface area contributed by atoms with E-state index in [2.05, 4.69) is 20.9 Å². The summed E-state index contributed by atoms with van der Waals surface area (Å²) < 4.78 is 7.14. The summed E-state index contributed by atoms with van der Waals surface area (Å²) in [6.45, 7) is 0.356. The number of rotatable bonds is 3. The lowest BCUT2D eigenvalue weighted by Gasteiger charge is -2.10. The maximum atomic E-state index is 11.9. The molecule has 0 saturated heterocycles. The summed E-state index contributed by atoms with van der Waals surface area (Å²) in [7, 11) is 1.58. The van der Waals surface area contributed by atoms with E-state index >= 15 is 0 Å². The molecule has 0 N–H and O–H groups in total. The van der Waals surface area contributed by atoms with Crippen LogP contribution in [0.15, 0.2) is 40.0 Å². The smallest absolute Gasteiger partial charge is 0.267 e. The van der Waals surface area contributed by atoms with Gasteiger partial charge >= 0.3 is 0 Å². The van der Waals surface area contributed by atoms with Gasteiger partial charge in [0.05, 0.1) is 20.0 Å². The van der Waals surface area contributed by atoms with Crippen molar-refractivity contribution in [2.75, 3.05) is 7.11 Å². The van der Waals surface area contributed by atoms with Crippen molar-refractivity contribution in [2.45, 2.75) is 6.54 Å². The second kappa shape index (κ2) is 5.54. The molecule has 0 amide bonds. The molecule has 0 aliphatic heterocycles. The molecule has 0 saturated carbocycles. The molecule has 0 aliphatic rings. The van der Waals surface area contributed by atoms with E-state index in [-0.39, 0.29) is 5.56 Å². The Morgan fingerprint density at radius 3 is 3.00 bits per heavy atom. The summed E-state index contributed by atoms with van der Waals surface area (Å²) in [5, 5.41) is 0.599. The molecule has 1 aromatic heterocycles. The Balaban J connectivity index is 2.42. The van der Waals surface area contributed by atoms with Gasteiger partial charge < -0.3 is 4.74 Å². The highest BCUT2D eigenvalue weighted by Gasteiger charge is 2.07. The number of aromatic nitrogens is 2. The largest absolute Gasteiger partial charge is 0.496 e. The molecule has 2 aromatic rings. The molecule has 0 spiro atoms. The average Bonchev–Trinajstić information content (AvgIpc) is 2.35. The normalized spacial score (nSPS) is 10.4. The summed E-state index contributed by atoms with van der Waals surface area (Å²) in [6.07, 6.45) is 2.95. The minimum absolute atomic E-state index is 0.146. The Labute approximate surface area is 117 Å². The van der Waals surface area contributed by atoms with E-state index in [1.54, 1.807) is 25.3 Å². The molecule has 0 unspecified atom stereocenters. The van der Waals surface area contributed by atoms with Gasteiger partial charge in [0, 0.05) is 16.8 Å². The highest BCUT2D eigenvalue weighted by molar-refractivity contribution is 9.10. The average molecular weight is 330 g/mol. The van der Waals surface area contributed by atoms with Crippen LogP contribution in [0.5, 0.6) is 5.75 Å². The fraction of sp³-hybridized carbons (Fsp3) is 0.167. The van der Waals surface area contributed by atoms with Crippen LogP contribution in [0, 0.1) is 0 Å². The monoisotopic (exact) mass is 328 g/mol. The Hall–Kier alpha value is -1.33. The van der Waals surface area contributed by atoms with Crippen LogP contribution in [0.3, 0.4) is 0 Å². The topological polar surface area (TPSA) is 44.1 Å². The molecule has 0 atom stereocenters. The molecule has 0 aliphatic carbocycles. The van der Waals surface area contributed by atoms with E-state index in [0.29, 0.717) is 21.8 Å². The van der Waals surface area contributed by atoms with Crippen LogP contribution in [0.25, 0.3) is 0 Å². The molecule has 0 fully saturated rings. The maximum absolute atomic E-state index is 11.9. The third-order valence-electron chi connectivity index (χ3n) is 2.44. The van der Waals surface area contributed by atoms with Crippen molar-refractivity contribution in [3.05, 3.63) is 56.1 Å². The van der Waals surface area contributed by atoms with Crippen molar-refractivity contribution in [1.29, 1.82) is 0 Å². The summed E-state index contributed by atoms with van der Waals surface area (Å²) in [6, 6.07) is 5.29. The highest BCUT2D eigenvalue weighted by Crippen LogP contribution is 2.23. The Morgan fingerprint density at radius 2 is 2.28 bits per heavy atom. The molecule has 4 nitrogen and oxygen atoms in total. The third-order valence-corrected chi connectivity index (χ3v) is 3.22. The first kappa shape index (κ1) is 13.1. The molecular weight excluding hydrogens is 320 g/mol. The molecule has 0 bridgehead atoms. The first-order chi connectivity index (χ1) is 8.61. The minimum Gasteiger partial charge on any atom is -0.496 e. The Bertz CT molecular complexity index is 628. The van der Waals surface area contributed by atoms with Crippen molar-refractivity contribution in [1.82, 2.24) is 9.55 Å². The van der Waals surface area contributed by atoms with Gasteiger partial charge in [0.15, 0.2) is 0 Å². The minimum atomic E-state index is -0.146. The van der Waals surface area contributed by atoms with Gasteiger partial charge in [0.1, 0.15) is 10.2 Å². The van der Waals surface area contributed by atoms with Gasteiger partial charge in [0.25, 0.3) is 5.56 Å². The van der Waals surface area contributed by atoms with Gasteiger partial charge in [0.2, 0.25) is 0 Å². The van der Waals surface area contributed by atoms with E-state index in [4.69, 9.17) is 16.3 Å². The number of halogens is 2. The second-order valence-corrected chi connectivity index (χ2v) is 4.92. The van der Waals surface area contributed by atoms with Crippen LogP contribution in [0.4, 0.5) is 0 Å². The molecule has 2 rings (SSSR count). The third kappa shape index (κ3) is 2.73. The van der Waals surface area contributed by atoms with Crippen LogP contribution in [-0.4, -0.2) is 16.7 Å². The van der Waals surface area contributed by atoms with Gasteiger partial charge in [-0.05, 0) is 34.1 Å². The van der Waals surface area contributed by atoms with Gasteiger partial charge in [-0.25, -0.2) is 4.98 Å². The lowest BCUT2D eigenvalue weighted by molar-refractivity contribution is 0.408. The van der Waals surface area contributed by atoms with E-state index in [9.17, 15) is 4.79 Å². The van der Waals surface area contributed by atoms with E-state index in [1.807, 2.05) is 0 Å². The molecule has 1 aromatic carbocycles. The predicted octanol–water partition coefficient (Wildman–Crippen LogP) is 2.72. The first-order valence-corrected chi connectivity index (χ1v) is 6.31. The summed E-state index contributed by atoms with van der Waals surface area (Å²) in [5.74, 6) is 0.686. The number of methoxy groups -OCH3 is 1. The van der Waals surface area contributed by atoms with Gasteiger partial charge in [-0.1, -0.05) is 11.6 Å². The second-order valence-electron chi connectivity index (χ2n) is 3.63. The number of nitrogens with zero attached hydrogens (tertiary/aromatic N) is 2. The van der Waals surface area contributed by atoms with E-state index < -0.39 is 0 Å². The molecule has 18 heavy (non-hydrogen) atoms. The van der Waals surface area contributed by atoms with Crippen LogP contribution in [0.1, 0.15) is 5.56 Å². The first-order valence-electron chi connectivity index (χ1n) is 5.14. The number of ether oxygens (including phenoxy) is 1. The van der Waals surface area contributed by atoms with Crippen molar-refractivity contribution in [3.63, 3.8) is 0 Å². The van der Waals surface area contributed by atoms with Gasteiger partial charge in [-0.3, -0.25) is 9.36 Å². The summed E-state index contributed by atoms with van der Waals surface area (Å²) in [5.41, 5.74) is 0.680. The Morgan fingerprint density at radius 1 is 1.50 bits per heavy atom. The molecule has 0 radical (unpaired) electrons. The van der Waals surface area contributed by atoms with E-state index in [0.717, 1.165) is 5.56 Å². The van der Waals surface area contributed by atoms with Crippen molar-refractivity contribution in [2.24, 2.45) is 0 Å². The molecule has 1 heterocycles. The number of hydrogen-bond donors (Lipinski definition) is 0. The van der Waals surface area contributed by atoms with Gasteiger partial charge in [-0.2, -0.15) is 0 Å². The fourth-order valence-electron chi connectivity index (χ4n) is 1.59. The van der Waals surface area contributed by atoms with Crippen molar-refractivity contribution in [3.8, 4) is 5.75 Å². The lowest BCUT2D eigenvalue weighted by Crippen LogP contribution is -2.21. The summed E-state index contributed by atoms with van der Waals surface area (Å²) >= 11 is 9.10. The van der Waals surface area contributed by atoms with E-state index in [1.165, 1.54) is 17.1 Å². The van der Waals surface area contributed by atoms with Gasteiger partial charge in [-0.15, -0.1) is 0 Å². The fourth-order valence-corrected chi connectivity index (χ4v) is 2.13. The zero-order valence-electron chi connectivity index (χ0n) is 9.56. The van der Waals surface area contributed by atoms with Crippen LogP contribution >= 0.6 is 27.5 Å². The summed E-state index contributed by atoms with van der Waals surface area (Å²) in [4.78, 5) is 15.8. The number of benzene rings is 1.